The lowest BCUT2D eigenvalue weighted by atomic mass is 10.1. The Morgan fingerprint density at radius 2 is 1.76 bits per heavy atom. The number of furan rings is 1. The van der Waals surface area contributed by atoms with Crippen LogP contribution in [-0.2, 0) is 17.6 Å². The second-order valence-electron chi connectivity index (χ2n) is 4.43. The Hall–Kier alpha value is -1.25. The summed E-state index contributed by atoms with van der Waals surface area (Å²) >= 11 is 0. The highest BCUT2D eigenvalue weighted by atomic mass is 16.4. The zero-order chi connectivity index (χ0) is 12.5. The fourth-order valence-electron chi connectivity index (χ4n) is 1.87. The third-order valence-electron chi connectivity index (χ3n) is 2.78. The van der Waals surface area contributed by atoms with E-state index >= 15 is 0 Å². The average molecular weight is 238 g/mol. The Bertz CT molecular complexity index is 328. The average Bonchev–Trinajstić information content (AvgIpc) is 2.71. The number of aryl methyl sites for hydroxylation is 2. The highest BCUT2D eigenvalue weighted by Crippen LogP contribution is 2.13. The number of carboxylic acid groups (broad SMARTS) is 1. The molecule has 0 spiro atoms. The zero-order valence-corrected chi connectivity index (χ0v) is 10.6. The van der Waals surface area contributed by atoms with E-state index in [4.69, 9.17) is 9.52 Å². The Labute approximate surface area is 103 Å². The number of hydrogen-bond donors (Lipinski definition) is 1. The van der Waals surface area contributed by atoms with Crippen molar-refractivity contribution in [2.24, 2.45) is 0 Å². The Morgan fingerprint density at radius 1 is 1.12 bits per heavy atom. The molecule has 0 saturated heterocycles. The molecule has 0 amide bonds. The van der Waals surface area contributed by atoms with Crippen LogP contribution < -0.4 is 0 Å². The molecule has 3 heteroatoms. The topological polar surface area (TPSA) is 50.4 Å². The Kier molecular flexibility index (Phi) is 6.45. The van der Waals surface area contributed by atoms with Crippen molar-refractivity contribution in [3.8, 4) is 0 Å². The molecule has 0 unspecified atom stereocenters. The van der Waals surface area contributed by atoms with Gasteiger partial charge in [0.1, 0.15) is 11.5 Å². The van der Waals surface area contributed by atoms with Gasteiger partial charge in [0.05, 0.1) is 0 Å². The number of hydrogen-bond acceptors (Lipinski definition) is 2. The molecule has 17 heavy (non-hydrogen) atoms. The van der Waals surface area contributed by atoms with Gasteiger partial charge in [-0.3, -0.25) is 4.79 Å². The molecule has 0 saturated carbocycles. The van der Waals surface area contributed by atoms with Gasteiger partial charge in [0.2, 0.25) is 0 Å². The minimum atomic E-state index is -0.694. The summed E-state index contributed by atoms with van der Waals surface area (Å²) in [5.74, 6) is 1.44. The van der Waals surface area contributed by atoms with Crippen LogP contribution in [0.15, 0.2) is 16.5 Å². The van der Waals surface area contributed by atoms with Crippen LogP contribution in [0.25, 0.3) is 0 Å². The summed E-state index contributed by atoms with van der Waals surface area (Å²) in [4.78, 5) is 10.3. The van der Waals surface area contributed by atoms with Crippen molar-refractivity contribution in [1.82, 2.24) is 0 Å². The van der Waals surface area contributed by atoms with Gasteiger partial charge in [-0.15, -0.1) is 0 Å². The molecule has 0 bridgehead atoms. The van der Waals surface area contributed by atoms with Crippen molar-refractivity contribution in [2.75, 3.05) is 0 Å². The van der Waals surface area contributed by atoms with Gasteiger partial charge in [-0.1, -0.05) is 19.8 Å². The summed E-state index contributed by atoms with van der Waals surface area (Å²) in [6, 6.07) is 4.12. The van der Waals surface area contributed by atoms with Crippen LogP contribution >= 0.6 is 0 Å². The van der Waals surface area contributed by atoms with Gasteiger partial charge >= 0.3 is 5.97 Å². The van der Waals surface area contributed by atoms with E-state index in [1.54, 1.807) is 0 Å². The smallest absolute Gasteiger partial charge is 0.303 e. The third-order valence-corrected chi connectivity index (χ3v) is 2.78. The van der Waals surface area contributed by atoms with Crippen LogP contribution in [0.2, 0.25) is 0 Å². The molecule has 0 radical (unpaired) electrons. The van der Waals surface area contributed by atoms with Gasteiger partial charge in [-0.2, -0.15) is 0 Å². The molecule has 1 heterocycles. The third kappa shape index (κ3) is 6.15. The molecule has 1 aromatic rings. The summed E-state index contributed by atoms with van der Waals surface area (Å²) in [5, 5.41) is 8.49. The fourth-order valence-corrected chi connectivity index (χ4v) is 1.87. The lowest BCUT2D eigenvalue weighted by Gasteiger charge is -1.98. The van der Waals surface area contributed by atoms with Crippen LogP contribution in [0.4, 0.5) is 0 Å². The summed E-state index contributed by atoms with van der Waals surface area (Å²) in [6.45, 7) is 2.14. The molecular formula is C14H22O3. The Morgan fingerprint density at radius 3 is 2.41 bits per heavy atom. The molecule has 1 rings (SSSR count). The monoisotopic (exact) mass is 238 g/mol. The van der Waals surface area contributed by atoms with Crippen LogP contribution in [-0.4, -0.2) is 11.1 Å². The van der Waals surface area contributed by atoms with E-state index < -0.39 is 5.97 Å². The van der Waals surface area contributed by atoms with Gasteiger partial charge < -0.3 is 9.52 Å². The summed E-state index contributed by atoms with van der Waals surface area (Å²) < 4.78 is 5.67. The fraction of sp³-hybridized carbons (Fsp3) is 0.643. The first-order valence-electron chi connectivity index (χ1n) is 6.51. The predicted octanol–water partition coefficient (Wildman–Crippen LogP) is 3.81. The molecule has 0 aliphatic heterocycles. The van der Waals surface area contributed by atoms with E-state index in [-0.39, 0.29) is 0 Å². The Balaban J connectivity index is 2.07. The molecular weight excluding hydrogens is 216 g/mol. The van der Waals surface area contributed by atoms with Crippen molar-refractivity contribution < 1.29 is 14.3 Å². The van der Waals surface area contributed by atoms with E-state index in [1.165, 1.54) is 0 Å². The number of unbranched alkanes of at least 4 members (excludes halogenated alkanes) is 3. The van der Waals surface area contributed by atoms with E-state index in [0.29, 0.717) is 6.42 Å². The molecule has 96 valence electrons. The quantitative estimate of drug-likeness (QED) is 0.665. The SMILES string of the molecule is CCCc1ccc(CCCCCCC(=O)O)o1. The molecule has 1 N–H and O–H groups in total. The first-order chi connectivity index (χ1) is 8.22. The maximum absolute atomic E-state index is 10.3. The van der Waals surface area contributed by atoms with Crippen molar-refractivity contribution in [3.05, 3.63) is 23.7 Å². The second-order valence-corrected chi connectivity index (χ2v) is 4.43. The highest BCUT2D eigenvalue weighted by Gasteiger charge is 2.01. The maximum Gasteiger partial charge on any atom is 0.303 e. The molecule has 1 aromatic heterocycles. The van der Waals surface area contributed by atoms with E-state index in [1.807, 2.05) is 0 Å². The van der Waals surface area contributed by atoms with Gasteiger partial charge in [0, 0.05) is 19.3 Å². The first-order valence-corrected chi connectivity index (χ1v) is 6.51. The predicted molar refractivity (Wildman–Crippen MR) is 67.1 cm³/mol. The molecule has 0 aliphatic carbocycles. The lowest BCUT2D eigenvalue weighted by Crippen LogP contribution is -1.93. The van der Waals surface area contributed by atoms with E-state index in [2.05, 4.69) is 19.1 Å². The normalized spacial score (nSPS) is 10.6. The summed E-state index contributed by atoms with van der Waals surface area (Å²) in [5.41, 5.74) is 0. The number of rotatable bonds is 9. The van der Waals surface area contributed by atoms with E-state index in [0.717, 1.165) is 56.5 Å². The number of carbonyl (C=O) groups is 1. The van der Waals surface area contributed by atoms with Crippen molar-refractivity contribution >= 4 is 5.97 Å². The minimum Gasteiger partial charge on any atom is -0.481 e. The number of aliphatic carboxylic acids is 1. The largest absolute Gasteiger partial charge is 0.481 e. The number of carboxylic acids is 1. The standard InChI is InChI=1S/C14H22O3/c1-2-7-12-10-11-13(17-12)8-5-3-4-6-9-14(15)16/h10-11H,2-9H2,1H3,(H,15,16). The van der Waals surface area contributed by atoms with Crippen molar-refractivity contribution in [1.29, 1.82) is 0 Å². The summed E-state index contributed by atoms with van der Waals surface area (Å²) in [6.07, 6.45) is 7.33. The van der Waals surface area contributed by atoms with Crippen LogP contribution in [0.1, 0.15) is 57.0 Å². The highest BCUT2D eigenvalue weighted by molar-refractivity contribution is 5.66. The van der Waals surface area contributed by atoms with E-state index in [9.17, 15) is 4.79 Å². The van der Waals surface area contributed by atoms with Gasteiger partial charge in [-0.25, -0.2) is 0 Å². The molecule has 0 fully saturated rings. The van der Waals surface area contributed by atoms with Crippen molar-refractivity contribution in [2.45, 2.75) is 58.3 Å². The summed E-state index contributed by atoms with van der Waals surface area (Å²) in [7, 11) is 0. The van der Waals surface area contributed by atoms with Gasteiger partial charge in [-0.05, 0) is 31.4 Å². The van der Waals surface area contributed by atoms with Crippen LogP contribution in [0, 0.1) is 0 Å². The minimum absolute atomic E-state index is 0.293. The van der Waals surface area contributed by atoms with Crippen LogP contribution in [0.3, 0.4) is 0 Å². The van der Waals surface area contributed by atoms with Gasteiger partial charge in [0.15, 0.2) is 0 Å². The second kappa shape index (κ2) is 7.93. The molecule has 0 aliphatic rings. The van der Waals surface area contributed by atoms with Crippen molar-refractivity contribution in [3.63, 3.8) is 0 Å². The van der Waals surface area contributed by atoms with Gasteiger partial charge in [0.25, 0.3) is 0 Å². The molecule has 0 aromatic carbocycles. The zero-order valence-electron chi connectivity index (χ0n) is 10.6. The maximum atomic E-state index is 10.3. The lowest BCUT2D eigenvalue weighted by molar-refractivity contribution is -0.137. The first kappa shape index (κ1) is 13.8. The molecule has 3 nitrogen and oxygen atoms in total. The van der Waals surface area contributed by atoms with Crippen LogP contribution in [0.5, 0.6) is 0 Å². The molecule has 0 atom stereocenters.